The molecule has 0 aliphatic heterocycles. The van der Waals surface area contributed by atoms with E-state index in [1.165, 1.54) is 0 Å². The Morgan fingerprint density at radius 1 is 1.46 bits per heavy atom. The summed E-state index contributed by atoms with van der Waals surface area (Å²) in [6, 6.07) is 3.84. The van der Waals surface area contributed by atoms with Crippen molar-refractivity contribution >= 4 is 15.9 Å². The van der Waals surface area contributed by atoms with Crippen LogP contribution in [0.5, 0.6) is 5.75 Å². The summed E-state index contributed by atoms with van der Waals surface area (Å²) in [5.41, 5.74) is 8.08. The largest absolute Gasteiger partial charge is 0.508 e. The molecule has 0 aromatic heterocycles. The number of hydrogen-bond acceptors (Lipinski definition) is 2. The van der Waals surface area contributed by atoms with Crippen molar-refractivity contribution in [2.24, 2.45) is 5.73 Å². The summed E-state index contributed by atoms with van der Waals surface area (Å²) in [5, 5.41) is 9.67. The van der Waals surface area contributed by atoms with Gasteiger partial charge in [0.25, 0.3) is 0 Å². The van der Waals surface area contributed by atoms with Crippen LogP contribution in [-0.4, -0.2) is 5.11 Å². The first-order chi connectivity index (χ1) is 6.18. The molecule has 1 aliphatic rings. The standard InChI is InChI=1S/C10H12BrNO/c11-6-4-8-7(10(13)5-6)2-1-3-9(8)12/h4-5,9,13H,1-3,12H2. The molecule has 1 aliphatic carbocycles. The minimum Gasteiger partial charge on any atom is -0.508 e. The summed E-state index contributed by atoms with van der Waals surface area (Å²) < 4.78 is 0.904. The van der Waals surface area contributed by atoms with Crippen molar-refractivity contribution in [2.75, 3.05) is 0 Å². The fourth-order valence-electron chi connectivity index (χ4n) is 1.90. The molecule has 0 heterocycles. The number of aromatic hydroxyl groups is 1. The van der Waals surface area contributed by atoms with Crippen LogP contribution >= 0.6 is 15.9 Å². The van der Waals surface area contributed by atoms with Crippen LogP contribution in [0.15, 0.2) is 16.6 Å². The molecule has 3 N–H and O–H groups in total. The van der Waals surface area contributed by atoms with Gasteiger partial charge in [0.05, 0.1) is 0 Å². The van der Waals surface area contributed by atoms with Crippen LogP contribution in [0.25, 0.3) is 0 Å². The molecule has 1 unspecified atom stereocenters. The van der Waals surface area contributed by atoms with Gasteiger partial charge < -0.3 is 10.8 Å². The van der Waals surface area contributed by atoms with Gasteiger partial charge in [0, 0.05) is 10.5 Å². The van der Waals surface area contributed by atoms with E-state index in [-0.39, 0.29) is 6.04 Å². The smallest absolute Gasteiger partial charge is 0.120 e. The summed E-state index contributed by atoms with van der Waals surface area (Å²) >= 11 is 3.35. The average Bonchev–Trinajstić information content (AvgIpc) is 2.07. The number of benzene rings is 1. The van der Waals surface area contributed by atoms with Crippen molar-refractivity contribution in [2.45, 2.75) is 25.3 Å². The molecule has 13 heavy (non-hydrogen) atoms. The molecular weight excluding hydrogens is 230 g/mol. The Labute approximate surface area is 85.9 Å². The van der Waals surface area contributed by atoms with E-state index in [0.717, 1.165) is 34.9 Å². The third-order valence-electron chi connectivity index (χ3n) is 2.57. The van der Waals surface area contributed by atoms with Crippen molar-refractivity contribution in [1.29, 1.82) is 0 Å². The van der Waals surface area contributed by atoms with Crippen LogP contribution in [0, 0.1) is 0 Å². The molecular formula is C10H12BrNO. The number of phenolic OH excluding ortho intramolecular Hbond substituents is 1. The minimum atomic E-state index is 0.0900. The normalized spacial score (nSPS) is 21.2. The van der Waals surface area contributed by atoms with Crippen LogP contribution in [0.3, 0.4) is 0 Å². The van der Waals surface area contributed by atoms with Gasteiger partial charge in [0.15, 0.2) is 0 Å². The van der Waals surface area contributed by atoms with E-state index in [1.54, 1.807) is 6.07 Å². The average molecular weight is 242 g/mol. The number of fused-ring (bicyclic) bond motifs is 1. The minimum absolute atomic E-state index is 0.0900. The number of nitrogens with two attached hydrogens (primary N) is 1. The fraction of sp³-hybridized carbons (Fsp3) is 0.400. The van der Waals surface area contributed by atoms with Crippen molar-refractivity contribution < 1.29 is 5.11 Å². The van der Waals surface area contributed by atoms with E-state index in [4.69, 9.17) is 5.73 Å². The summed E-state index contributed by atoms with van der Waals surface area (Å²) in [6.45, 7) is 0. The lowest BCUT2D eigenvalue weighted by molar-refractivity contribution is 0.454. The maximum Gasteiger partial charge on any atom is 0.120 e. The van der Waals surface area contributed by atoms with Gasteiger partial charge in [-0.25, -0.2) is 0 Å². The van der Waals surface area contributed by atoms with E-state index in [2.05, 4.69) is 15.9 Å². The molecule has 2 rings (SSSR count). The molecule has 0 bridgehead atoms. The molecule has 0 radical (unpaired) electrons. The lowest BCUT2D eigenvalue weighted by Gasteiger charge is -2.23. The van der Waals surface area contributed by atoms with Gasteiger partial charge in [0.1, 0.15) is 5.75 Å². The third kappa shape index (κ3) is 1.58. The Balaban J connectivity index is 2.56. The third-order valence-corrected chi connectivity index (χ3v) is 3.02. The van der Waals surface area contributed by atoms with Gasteiger partial charge in [-0.3, -0.25) is 0 Å². The number of halogens is 1. The Hall–Kier alpha value is -0.540. The molecule has 70 valence electrons. The SMILES string of the molecule is NC1CCCc2c(O)cc(Br)cc21. The zero-order valence-electron chi connectivity index (χ0n) is 7.26. The van der Waals surface area contributed by atoms with Crippen LogP contribution < -0.4 is 5.73 Å². The Bertz CT molecular complexity index is 338. The van der Waals surface area contributed by atoms with Crippen molar-refractivity contribution in [3.8, 4) is 5.75 Å². The predicted octanol–water partition coefficient (Wildman–Crippen LogP) is 2.49. The molecule has 1 aromatic carbocycles. The Kier molecular flexibility index (Phi) is 2.30. The monoisotopic (exact) mass is 241 g/mol. The van der Waals surface area contributed by atoms with Crippen LogP contribution in [0.1, 0.15) is 30.0 Å². The van der Waals surface area contributed by atoms with E-state index in [0.29, 0.717) is 5.75 Å². The molecule has 1 atom stereocenters. The van der Waals surface area contributed by atoms with Crippen LogP contribution in [-0.2, 0) is 6.42 Å². The van der Waals surface area contributed by atoms with Gasteiger partial charge in [-0.15, -0.1) is 0 Å². The van der Waals surface area contributed by atoms with Gasteiger partial charge in [-0.05, 0) is 42.5 Å². The molecule has 0 amide bonds. The van der Waals surface area contributed by atoms with Gasteiger partial charge >= 0.3 is 0 Å². The zero-order chi connectivity index (χ0) is 9.42. The summed E-state index contributed by atoms with van der Waals surface area (Å²) in [6.07, 6.45) is 3.04. The van der Waals surface area contributed by atoms with Crippen molar-refractivity contribution in [3.05, 3.63) is 27.7 Å². The highest BCUT2D eigenvalue weighted by molar-refractivity contribution is 9.10. The zero-order valence-corrected chi connectivity index (χ0v) is 8.84. The summed E-state index contributed by atoms with van der Waals surface area (Å²) in [7, 11) is 0. The van der Waals surface area contributed by atoms with Crippen LogP contribution in [0.4, 0.5) is 0 Å². The van der Waals surface area contributed by atoms with E-state index in [1.807, 2.05) is 6.07 Å². The van der Waals surface area contributed by atoms with Gasteiger partial charge in [0.2, 0.25) is 0 Å². The van der Waals surface area contributed by atoms with E-state index >= 15 is 0 Å². The van der Waals surface area contributed by atoms with E-state index < -0.39 is 0 Å². The second-order valence-electron chi connectivity index (χ2n) is 3.49. The highest BCUT2D eigenvalue weighted by Gasteiger charge is 2.19. The van der Waals surface area contributed by atoms with Crippen molar-refractivity contribution in [1.82, 2.24) is 0 Å². The topological polar surface area (TPSA) is 46.2 Å². The second-order valence-corrected chi connectivity index (χ2v) is 4.41. The van der Waals surface area contributed by atoms with Crippen molar-refractivity contribution in [3.63, 3.8) is 0 Å². The number of phenols is 1. The van der Waals surface area contributed by atoms with Gasteiger partial charge in [-0.1, -0.05) is 15.9 Å². The predicted molar refractivity (Wildman–Crippen MR) is 55.7 cm³/mol. The first-order valence-corrected chi connectivity index (χ1v) is 5.24. The molecule has 2 nitrogen and oxygen atoms in total. The fourth-order valence-corrected chi connectivity index (χ4v) is 2.36. The maximum absolute atomic E-state index is 9.67. The Morgan fingerprint density at radius 2 is 2.23 bits per heavy atom. The lowest BCUT2D eigenvalue weighted by Crippen LogP contribution is -2.17. The maximum atomic E-state index is 9.67. The summed E-state index contributed by atoms with van der Waals surface area (Å²) in [4.78, 5) is 0. The lowest BCUT2D eigenvalue weighted by atomic mass is 9.88. The highest BCUT2D eigenvalue weighted by Crippen LogP contribution is 2.35. The van der Waals surface area contributed by atoms with Crippen LogP contribution in [0.2, 0.25) is 0 Å². The molecule has 0 saturated carbocycles. The first kappa shape index (κ1) is 9.03. The molecule has 0 saturated heterocycles. The van der Waals surface area contributed by atoms with Gasteiger partial charge in [-0.2, -0.15) is 0 Å². The Morgan fingerprint density at radius 3 is 3.00 bits per heavy atom. The highest BCUT2D eigenvalue weighted by atomic mass is 79.9. The summed E-state index contributed by atoms with van der Waals surface area (Å²) in [5.74, 6) is 0.375. The molecule has 3 heteroatoms. The second kappa shape index (κ2) is 3.31. The molecule has 1 aromatic rings. The molecule has 0 fully saturated rings. The number of hydrogen-bond donors (Lipinski definition) is 2. The van der Waals surface area contributed by atoms with E-state index in [9.17, 15) is 5.11 Å². The number of rotatable bonds is 0. The molecule has 0 spiro atoms. The quantitative estimate of drug-likeness (QED) is 0.734. The first-order valence-electron chi connectivity index (χ1n) is 4.45.